The summed E-state index contributed by atoms with van der Waals surface area (Å²) in [5, 5.41) is 0.866. The Morgan fingerprint density at radius 3 is 3.06 bits per heavy atom. The second-order valence-electron chi connectivity index (χ2n) is 3.07. The van der Waals surface area contributed by atoms with E-state index in [4.69, 9.17) is 5.84 Å². The monoisotopic (exact) mass is 266 g/mol. The molecule has 7 heteroatoms. The highest BCUT2D eigenvalue weighted by molar-refractivity contribution is 7.98. The van der Waals surface area contributed by atoms with E-state index in [9.17, 15) is 4.79 Å². The normalized spacial score (nSPS) is 10.2. The van der Waals surface area contributed by atoms with Crippen molar-refractivity contribution < 1.29 is 4.79 Å². The number of aromatic nitrogens is 2. The van der Waals surface area contributed by atoms with Crippen LogP contribution >= 0.6 is 23.1 Å². The third kappa shape index (κ3) is 3.26. The Bertz CT molecular complexity index is 500. The molecule has 3 N–H and O–H groups in total. The van der Waals surface area contributed by atoms with Crippen molar-refractivity contribution in [3.63, 3.8) is 0 Å². The predicted octanol–water partition coefficient (Wildman–Crippen LogP) is 1.43. The van der Waals surface area contributed by atoms with Gasteiger partial charge in [-0.25, -0.2) is 10.8 Å². The standard InChI is InChI=1S/C10H10N4OS2/c11-14-10(15)8-2-1-7(17-8)6-16-9-5-12-3-4-13-9/h1-5H,6,11H2,(H,14,15). The van der Waals surface area contributed by atoms with E-state index >= 15 is 0 Å². The summed E-state index contributed by atoms with van der Waals surface area (Å²) in [7, 11) is 0. The predicted molar refractivity (Wildman–Crippen MR) is 67.6 cm³/mol. The van der Waals surface area contributed by atoms with Gasteiger partial charge in [0.25, 0.3) is 5.91 Å². The Morgan fingerprint density at radius 2 is 2.35 bits per heavy atom. The lowest BCUT2D eigenvalue weighted by atomic mass is 10.4. The van der Waals surface area contributed by atoms with Gasteiger partial charge in [-0.1, -0.05) is 11.8 Å². The van der Waals surface area contributed by atoms with Gasteiger partial charge in [0.05, 0.1) is 11.1 Å². The maximum Gasteiger partial charge on any atom is 0.275 e. The number of nitrogens with two attached hydrogens (primary N) is 1. The highest BCUT2D eigenvalue weighted by Crippen LogP contribution is 2.25. The van der Waals surface area contributed by atoms with Crippen LogP contribution in [0.3, 0.4) is 0 Å². The van der Waals surface area contributed by atoms with Gasteiger partial charge in [0.15, 0.2) is 0 Å². The van der Waals surface area contributed by atoms with Crippen molar-refractivity contribution >= 4 is 29.0 Å². The van der Waals surface area contributed by atoms with Crippen LogP contribution in [0.5, 0.6) is 0 Å². The summed E-state index contributed by atoms with van der Waals surface area (Å²) in [5.74, 6) is 5.57. The summed E-state index contributed by atoms with van der Waals surface area (Å²) < 4.78 is 0. The molecule has 0 aliphatic rings. The van der Waals surface area contributed by atoms with Crippen molar-refractivity contribution in [3.05, 3.63) is 40.5 Å². The molecule has 0 fully saturated rings. The Kier molecular flexibility index (Phi) is 4.08. The summed E-state index contributed by atoms with van der Waals surface area (Å²) in [6.07, 6.45) is 5.01. The van der Waals surface area contributed by atoms with E-state index in [0.29, 0.717) is 4.88 Å². The fraction of sp³-hybridized carbons (Fsp3) is 0.100. The number of nitrogens with one attached hydrogen (secondary N) is 1. The zero-order valence-corrected chi connectivity index (χ0v) is 10.4. The van der Waals surface area contributed by atoms with Crippen LogP contribution in [0.2, 0.25) is 0 Å². The largest absolute Gasteiger partial charge is 0.289 e. The number of carbonyl (C=O) groups is 1. The highest BCUT2D eigenvalue weighted by Gasteiger charge is 2.07. The molecule has 2 heterocycles. The minimum absolute atomic E-state index is 0.259. The third-order valence-corrected chi connectivity index (χ3v) is 4.15. The molecule has 5 nitrogen and oxygen atoms in total. The first-order chi connectivity index (χ1) is 8.29. The molecule has 0 atom stereocenters. The van der Waals surface area contributed by atoms with Gasteiger partial charge in [-0.3, -0.25) is 15.2 Å². The molecule has 0 aliphatic heterocycles. The van der Waals surface area contributed by atoms with Gasteiger partial charge in [-0.15, -0.1) is 11.3 Å². The van der Waals surface area contributed by atoms with Crippen LogP contribution in [-0.2, 0) is 5.75 Å². The van der Waals surface area contributed by atoms with Crippen LogP contribution in [0.15, 0.2) is 35.7 Å². The van der Waals surface area contributed by atoms with Gasteiger partial charge in [-0.05, 0) is 12.1 Å². The van der Waals surface area contributed by atoms with E-state index in [1.165, 1.54) is 11.3 Å². The second kappa shape index (κ2) is 5.76. The van der Waals surface area contributed by atoms with E-state index in [1.807, 2.05) is 6.07 Å². The van der Waals surface area contributed by atoms with E-state index in [0.717, 1.165) is 15.7 Å². The number of thioether (sulfide) groups is 1. The first-order valence-corrected chi connectivity index (χ1v) is 6.58. The summed E-state index contributed by atoms with van der Waals surface area (Å²) in [6, 6.07) is 3.68. The lowest BCUT2D eigenvalue weighted by molar-refractivity contribution is 0.0957. The maximum absolute atomic E-state index is 11.2. The third-order valence-electron chi connectivity index (χ3n) is 1.92. The minimum atomic E-state index is -0.259. The number of hydrogen-bond acceptors (Lipinski definition) is 6. The molecule has 88 valence electrons. The maximum atomic E-state index is 11.2. The average molecular weight is 266 g/mol. The van der Waals surface area contributed by atoms with E-state index < -0.39 is 0 Å². The fourth-order valence-electron chi connectivity index (χ4n) is 1.15. The van der Waals surface area contributed by atoms with Crippen LogP contribution < -0.4 is 11.3 Å². The van der Waals surface area contributed by atoms with Crippen molar-refractivity contribution in [1.82, 2.24) is 15.4 Å². The van der Waals surface area contributed by atoms with Gasteiger partial charge in [0.1, 0.15) is 5.03 Å². The number of amides is 1. The zero-order valence-electron chi connectivity index (χ0n) is 8.79. The number of rotatable bonds is 4. The van der Waals surface area contributed by atoms with Crippen molar-refractivity contribution in [2.75, 3.05) is 0 Å². The molecule has 0 aliphatic carbocycles. The molecule has 17 heavy (non-hydrogen) atoms. The Morgan fingerprint density at radius 1 is 1.47 bits per heavy atom. The Hall–Kier alpha value is -1.44. The Labute approximate surface area is 106 Å². The van der Waals surface area contributed by atoms with Crippen molar-refractivity contribution in [2.24, 2.45) is 5.84 Å². The lowest BCUT2D eigenvalue weighted by Crippen LogP contribution is -2.29. The number of nitrogens with zero attached hydrogens (tertiary/aromatic N) is 2. The molecule has 0 radical (unpaired) electrons. The summed E-state index contributed by atoms with van der Waals surface area (Å²) in [4.78, 5) is 21.1. The quantitative estimate of drug-likeness (QED) is 0.379. The highest BCUT2D eigenvalue weighted by atomic mass is 32.2. The van der Waals surface area contributed by atoms with E-state index in [2.05, 4.69) is 15.4 Å². The van der Waals surface area contributed by atoms with Crippen LogP contribution in [0.1, 0.15) is 14.5 Å². The number of carbonyl (C=O) groups excluding carboxylic acids is 1. The SMILES string of the molecule is NNC(=O)c1ccc(CSc2cnccn2)s1. The number of hydrogen-bond donors (Lipinski definition) is 2. The molecule has 0 unspecified atom stereocenters. The van der Waals surface area contributed by atoms with Gasteiger partial charge in [0, 0.05) is 23.0 Å². The zero-order chi connectivity index (χ0) is 12.1. The van der Waals surface area contributed by atoms with Gasteiger partial charge in [-0.2, -0.15) is 0 Å². The molecule has 2 aromatic rings. The molecular weight excluding hydrogens is 256 g/mol. The number of hydrazine groups is 1. The first-order valence-electron chi connectivity index (χ1n) is 4.78. The van der Waals surface area contributed by atoms with Gasteiger partial charge >= 0.3 is 0 Å². The van der Waals surface area contributed by atoms with Gasteiger partial charge < -0.3 is 0 Å². The van der Waals surface area contributed by atoms with E-state index in [-0.39, 0.29) is 5.91 Å². The van der Waals surface area contributed by atoms with E-state index in [1.54, 1.807) is 36.4 Å². The molecule has 0 aromatic carbocycles. The number of nitrogen functional groups attached to an aromatic ring is 1. The fourth-order valence-corrected chi connectivity index (χ4v) is 2.93. The second-order valence-corrected chi connectivity index (χ2v) is 5.24. The molecular formula is C10H10N4OS2. The lowest BCUT2D eigenvalue weighted by Gasteiger charge is -1.97. The summed E-state index contributed by atoms with van der Waals surface area (Å²) >= 11 is 3.00. The minimum Gasteiger partial charge on any atom is -0.289 e. The number of thiophene rings is 1. The molecule has 0 saturated heterocycles. The molecule has 2 rings (SSSR count). The topological polar surface area (TPSA) is 80.9 Å². The molecule has 0 bridgehead atoms. The first kappa shape index (κ1) is 12.0. The van der Waals surface area contributed by atoms with Crippen molar-refractivity contribution in [3.8, 4) is 0 Å². The Balaban J connectivity index is 1.96. The van der Waals surface area contributed by atoms with Crippen LogP contribution in [0.4, 0.5) is 0 Å². The smallest absolute Gasteiger partial charge is 0.275 e. The van der Waals surface area contributed by atoms with Crippen molar-refractivity contribution in [1.29, 1.82) is 0 Å². The van der Waals surface area contributed by atoms with Crippen LogP contribution in [-0.4, -0.2) is 15.9 Å². The molecule has 0 spiro atoms. The van der Waals surface area contributed by atoms with Crippen LogP contribution in [0.25, 0.3) is 0 Å². The summed E-state index contributed by atoms with van der Waals surface area (Å²) in [5.41, 5.74) is 2.11. The average Bonchev–Trinajstić information content (AvgIpc) is 2.85. The summed E-state index contributed by atoms with van der Waals surface area (Å²) in [6.45, 7) is 0. The van der Waals surface area contributed by atoms with Crippen molar-refractivity contribution in [2.45, 2.75) is 10.8 Å². The van der Waals surface area contributed by atoms with Gasteiger partial charge in [0.2, 0.25) is 0 Å². The van der Waals surface area contributed by atoms with Crippen LogP contribution in [0, 0.1) is 0 Å². The molecule has 1 amide bonds. The molecule has 0 saturated carbocycles. The molecule has 2 aromatic heterocycles.